The summed E-state index contributed by atoms with van der Waals surface area (Å²) in [6.07, 6.45) is 0.740. The van der Waals surface area contributed by atoms with Gasteiger partial charge in [-0.15, -0.1) is 0 Å². The molecule has 22 heavy (non-hydrogen) atoms. The van der Waals surface area contributed by atoms with Crippen LogP contribution in [0.1, 0.15) is 16.8 Å². The third-order valence-electron chi connectivity index (χ3n) is 3.83. The standard InChI is InChI=1S/C14H19ClN2O4S/c1-16(2)10-7-8-17(9-10)22(19,20)13-11(14(18)21-3)5-4-6-12(13)15/h4-6,10H,7-9H2,1-3H3/t10-/m1/s1. The number of halogens is 1. The number of hydrogen-bond acceptors (Lipinski definition) is 5. The van der Waals surface area contributed by atoms with Crippen molar-refractivity contribution in [3.05, 3.63) is 28.8 Å². The summed E-state index contributed by atoms with van der Waals surface area (Å²) in [6, 6.07) is 4.55. The van der Waals surface area contributed by atoms with Crippen LogP contribution in [0.5, 0.6) is 0 Å². The quantitative estimate of drug-likeness (QED) is 0.772. The summed E-state index contributed by atoms with van der Waals surface area (Å²) < 4.78 is 31.8. The smallest absolute Gasteiger partial charge is 0.339 e. The second kappa shape index (κ2) is 6.54. The number of carbonyl (C=O) groups excluding carboxylic acids is 1. The van der Waals surface area contributed by atoms with Crippen LogP contribution in [0.3, 0.4) is 0 Å². The Kier molecular flexibility index (Phi) is 5.11. The van der Waals surface area contributed by atoms with E-state index in [0.717, 1.165) is 6.42 Å². The molecule has 1 aromatic carbocycles. The molecule has 0 aliphatic carbocycles. The molecule has 1 aromatic rings. The van der Waals surface area contributed by atoms with Gasteiger partial charge in [-0.05, 0) is 32.6 Å². The predicted molar refractivity (Wildman–Crippen MR) is 83.6 cm³/mol. The molecule has 0 bridgehead atoms. The molecule has 122 valence electrons. The molecule has 1 fully saturated rings. The van der Waals surface area contributed by atoms with Crippen molar-refractivity contribution in [2.45, 2.75) is 17.4 Å². The van der Waals surface area contributed by atoms with Gasteiger partial charge in [-0.25, -0.2) is 13.2 Å². The van der Waals surface area contributed by atoms with Gasteiger partial charge in [0.05, 0.1) is 17.7 Å². The summed E-state index contributed by atoms with van der Waals surface area (Å²) in [5, 5.41) is 0.0243. The number of rotatable bonds is 4. The highest BCUT2D eigenvalue weighted by molar-refractivity contribution is 7.89. The lowest BCUT2D eigenvalue weighted by atomic mass is 10.2. The molecule has 1 heterocycles. The van der Waals surface area contributed by atoms with Crippen LogP contribution in [0.4, 0.5) is 0 Å². The summed E-state index contributed by atoms with van der Waals surface area (Å²) in [5.74, 6) is -0.718. The molecule has 2 rings (SSSR count). The Morgan fingerprint density at radius 1 is 1.41 bits per heavy atom. The van der Waals surface area contributed by atoms with Gasteiger partial charge in [-0.3, -0.25) is 0 Å². The first-order chi connectivity index (χ1) is 10.3. The third kappa shape index (κ3) is 3.12. The number of carbonyl (C=O) groups is 1. The van der Waals surface area contributed by atoms with Crippen molar-refractivity contribution in [3.8, 4) is 0 Å². The zero-order valence-electron chi connectivity index (χ0n) is 12.7. The van der Waals surface area contributed by atoms with Crippen molar-refractivity contribution < 1.29 is 17.9 Å². The van der Waals surface area contributed by atoms with Gasteiger partial charge in [0.15, 0.2) is 0 Å². The van der Waals surface area contributed by atoms with Crippen LogP contribution in [0.15, 0.2) is 23.1 Å². The molecular weight excluding hydrogens is 328 g/mol. The predicted octanol–water partition coefficient (Wildman–Crippen LogP) is 1.45. The van der Waals surface area contributed by atoms with Crippen molar-refractivity contribution in [2.24, 2.45) is 0 Å². The van der Waals surface area contributed by atoms with E-state index in [1.807, 2.05) is 19.0 Å². The first kappa shape index (κ1) is 17.2. The second-order valence-corrected chi connectivity index (χ2v) is 7.66. The molecule has 1 atom stereocenters. The second-order valence-electron chi connectivity index (χ2n) is 5.38. The number of esters is 1. The molecule has 1 aliphatic heterocycles. The largest absolute Gasteiger partial charge is 0.465 e. The molecule has 0 amide bonds. The molecule has 6 nitrogen and oxygen atoms in total. The highest BCUT2D eigenvalue weighted by atomic mass is 35.5. The van der Waals surface area contributed by atoms with E-state index < -0.39 is 16.0 Å². The van der Waals surface area contributed by atoms with Crippen LogP contribution in [0.2, 0.25) is 5.02 Å². The molecule has 0 unspecified atom stereocenters. The molecule has 0 N–H and O–H groups in total. The lowest BCUT2D eigenvalue weighted by Gasteiger charge is -2.21. The van der Waals surface area contributed by atoms with Gasteiger partial charge in [0.1, 0.15) is 4.90 Å². The molecule has 0 radical (unpaired) electrons. The molecule has 8 heteroatoms. The number of sulfonamides is 1. The van der Waals surface area contributed by atoms with Gasteiger partial charge in [0, 0.05) is 19.1 Å². The van der Waals surface area contributed by atoms with Crippen molar-refractivity contribution in [1.29, 1.82) is 0 Å². The van der Waals surface area contributed by atoms with E-state index >= 15 is 0 Å². The molecule has 1 aliphatic rings. The van der Waals surface area contributed by atoms with Gasteiger partial charge < -0.3 is 9.64 Å². The van der Waals surface area contributed by atoms with Crippen molar-refractivity contribution in [1.82, 2.24) is 9.21 Å². The van der Waals surface area contributed by atoms with E-state index in [0.29, 0.717) is 13.1 Å². The van der Waals surface area contributed by atoms with Gasteiger partial charge in [0.25, 0.3) is 0 Å². The Morgan fingerprint density at radius 2 is 2.09 bits per heavy atom. The summed E-state index contributed by atoms with van der Waals surface area (Å²) in [5.41, 5.74) is -0.0386. The van der Waals surface area contributed by atoms with E-state index in [-0.39, 0.29) is 21.5 Å². The van der Waals surface area contributed by atoms with E-state index in [1.54, 1.807) is 0 Å². The van der Waals surface area contributed by atoms with E-state index in [9.17, 15) is 13.2 Å². The zero-order chi connectivity index (χ0) is 16.5. The first-order valence-corrected chi connectivity index (χ1v) is 8.64. The molecule has 0 spiro atoms. The first-order valence-electron chi connectivity index (χ1n) is 6.82. The fraction of sp³-hybridized carbons (Fsp3) is 0.500. The number of ether oxygens (including phenoxy) is 1. The maximum atomic E-state index is 12.9. The number of methoxy groups -OCH3 is 1. The number of benzene rings is 1. The van der Waals surface area contributed by atoms with Crippen LogP contribution in [0, 0.1) is 0 Å². The normalized spacial score (nSPS) is 19.6. The highest BCUT2D eigenvalue weighted by Crippen LogP contribution is 2.31. The monoisotopic (exact) mass is 346 g/mol. The Morgan fingerprint density at radius 3 is 2.64 bits per heavy atom. The molecule has 0 aromatic heterocycles. The third-order valence-corrected chi connectivity index (χ3v) is 6.22. The minimum Gasteiger partial charge on any atom is -0.465 e. The average molecular weight is 347 g/mol. The Labute approximate surface area is 135 Å². The van der Waals surface area contributed by atoms with Crippen LogP contribution < -0.4 is 0 Å². The summed E-state index contributed by atoms with van der Waals surface area (Å²) in [4.78, 5) is 13.7. The highest BCUT2D eigenvalue weighted by Gasteiger charge is 2.37. The van der Waals surface area contributed by atoms with Gasteiger partial charge in [-0.2, -0.15) is 4.31 Å². The minimum absolute atomic E-state index is 0.0243. The maximum Gasteiger partial charge on any atom is 0.339 e. The Balaban J connectivity index is 2.45. The summed E-state index contributed by atoms with van der Waals surface area (Å²) in [7, 11) is 1.18. The fourth-order valence-corrected chi connectivity index (χ4v) is 4.70. The van der Waals surface area contributed by atoms with Crippen LogP contribution >= 0.6 is 11.6 Å². The molecule has 1 saturated heterocycles. The number of hydrogen-bond donors (Lipinski definition) is 0. The van der Waals surface area contributed by atoms with Crippen molar-refractivity contribution in [2.75, 3.05) is 34.3 Å². The maximum absolute atomic E-state index is 12.9. The summed E-state index contributed by atoms with van der Waals surface area (Å²) >= 11 is 6.07. The fourth-order valence-electron chi connectivity index (χ4n) is 2.52. The van der Waals surface area contributed by atoms with Crippen molar-refractivity contribution in [3.63, 3.8) is 0 Å². The lowest BCUT2D eigenvalue weighted by Crippen LogP contribution is -2.35. The summed E-state index contributed by atoms with van der Waals surface area (Å²) in [6.45, 7) is 0.776. The van der Waals surface area contributed by atoms with E-state index in [4.69, 9.17) is 11.6 Å². The molecule has 0 saturated carbocycles. The SMILES string of the molecule is COC(=O)c1cccc(Cl)c1S(=O)(=O)N1CC[C@@H](N(C)C)C1. The lowest BCUT2D eigenvalue weighted by molar-refractivity contribution is 0.0596. The van der Waals surface area contributed by atoms with E-state index in [2.05, 4.69) is 4.74 Å². The van der Waals surface area contributed by atoms with E-state index in [1.165, 1.54) is 29.6 Å². The van der Waals surface area contributed by atoms with Crippen LogP contribution in [0.25, 0.3) is 0 Å². The Bertz CT molecular complexity index is 675. The average Bonchev–Trinajstić information content (AvgIpc) is 2.96. The topological polar surface area (TPSA) is 66.9 Å². The van der Waals surface area contributed by atoms with Crippen molar-refractivity contribution >= 4 is 27.6 Å². The van der Waals surface area contributed by atoms with Gasteiger partial charge in [-0.1, -0.05) is 17.7 Å². The zero-order valence-corrected chi connectivity index (χ0v) is 14.3. The molecular formula is C14H19ClN2O4S. The van der Waals surface area contributed by atoms with Gasteiger partial charge in [0.2, 0.25) is 10.0 Å². The van der Waals surface area contributed by atoms with Crippen LogP contribution in [-0.4, -0.2) is 63.9 Å². The minimum atomic E-state index is -3.85. The Hall–Kier alpha value is -1.15. The number of likely N-dealkylation sites (N-methyl/N-ethyl adjacent to an activating group) is 1. The van der Waals surface area contributed by atoms with Gasteiger partial charge >= 0.3 is 5.97 Å². The number of nitrogens with zero attached hydrogens (tertiary/aromatic N) is 2. The van der Waals surface area contributed by atoms with Crippen LogP contribution in [-0.2, 0) is 14.8 Å².